The first-order valence-electron chi connectivity index (χ1n) is 11.7. The van der Waals surface area contributed by atoms with Crippen LogP contribution in [0.4, 0.5) is 30.7 Å². The molecule has 11 heteroatoms. The van der Waals surface area contributed by atoms with Crippen LogP contribution in [0.1, 0.15) is 61.3 Å². The SMILES string of the molecule is CC(C)(N)C[C@@H](NC=O)[C@@H]1CC[C@H](OCc2cc(C(F)(F)F)cc(C(F)(F)F)c2)[C@H]1c1ccc(F)cc1. The van der Waals surface area contributed by atoms with Crippen molar-refractivity contribution in [3.05, 3.63) is 70.5 Å². The first-order valence-corrected chi connectivity index (χ1v) is 11.7. The third-order valence-corrected chi connectivity index (χ3v) is 6.56. The summed E-state index contributed by atoms with van der Waals surface area (Å²) >= 11 is 0. The van der Waals surface area contributed by atoms with E-state index in [1.54, 1.807) is 26.0 Å². The van der Waals surface area contributed by atoms with Crippen molar-refractivity contribution >= 4 is 6.41 Å². The third-order valence-electron chi connectivity index (χ3n) is 6.56. The van der Waals surface area contributed by atoms with E-state index in [1.165, 1.54) is 12.1 Å². The van der Waals surface area contributed by atoms with E-state index in [4.69, 9.17) is 10.5 Å². The fourth-order valence-electron chi connectivity index (χ4n) is 5.07. The smallest absolute Gasteiger partial charge is 0.373 e. The molecular weight excluding hydrogens is 505 g/mol. The summed E-state index contributed by atoms with van der Waals surface area (Å²) in [6.45, 7) is 3.11. The zero-order valence-corrected chi connectivity index (χ0v) is 20.3. The molecular formula is C26H29F7N2O2. The highest BCUT2D eigenvalue weighted by molar-refractivity contribution is 5.47. The second-order valence-corrected chi connectivity index (χ2v) is 10.2. The van der Waals surface area contributed by atoms with Crippen LogP contribution in [0.25, 0.3) is 0 Å². The summed E-state index contributed by atoms with van der Waals surface area (Å²) in [4.78, 5) is 11.3. The molecule has 1 amide bonds. The number of hydrogen-bond acceptors (Lipinski definition) is 3. The van der Waals surface area contributed by atoms with Gasteiger partial charge in [-0.1, -0.05) is 12.1 Å². The summed E-state index contributed by atoms with van der Waals surface area (Å²) in [6, 6.07) is 6.62. The Kier molecular flexibility index (Phi) is 8.58. The second kappa shape index (κ2) is 11.0. The van der Waals surface area contributed by atoms with E-state index in [0.717, 1.165) is 0 Å². The first-order chi connectivity index (χ1) is 17.1. The largest absolute Gasteiger partial charge is 0.416 e. The van der Waals surface area contributed by atoms with Crippen LogP contribution in [0.5, 0.6) is 0 Å². The normalized spacial score (nSPS) is 21.6. The predicted octanol–water partition coefficient (Wildman–Crippen LogP) is 6.18. The van der Waals surface area contributed by atoms with Gasteiger partial charge in [-0.05, 0) is 80.5 Å². The van der Waals surface area contributed by atoms with Gasteiger partial charge < -0.3 is 15.8 Å². The lowest BCUT2D eigenvalue weighted by Gasteiger charge is -2.34. The number of halogens is 7. The average molecular weight is 535 g/mol. The van der Waals surface area contributed by atoms with Crippen molar-refractivity contribution in [2.75, 3.05) is 0 Å². The topological polar surface area (TPSA) is 64.3 Å². The zero-order chi connectivity index (χ0) is 27.6. The molecule has 0 spiro atoms. The number of nitrogens with two attached hydrogens (primary N) is 1. The van der Waals surface area contributed by atoms with Gasteiger partial charge in [-0.15, -0.1) is 0 Å². The molecule has 4 nitrogen and oxygen atoms in total. The number of hydrogen-bond donors (Lipinski definition) is 2. The fourth-order valence-corrected chi connectivity index (χ4v) is 5.07. The van der Waals surface area contributed by atoms with Crippen LogP contribution < -0.4 is 11.1 Å². The molecule has 0 saturated heterocycles. The van der Waals surface area contributed by atoms with E-state index >= 15 is 0 Å². The Balaban J connectivity index is 1.92. The highest BCUT2D eigenvalue weighted by Gasteiger charge is 2.43. The Morgan fingerprint density at radius 1 is 1.00 bits per heavy atom. The van der Waals surface area contributed by atoms with Gasteiger partial charge in [0.2, 0.25) is 6.41 Å². The highest BCUT2D eigenvalue weighted by atomic mass is 19.4. The lowest BCUT2D eigenvalue weighted by Crippen LogP contribution is -2.46. The maximum Gasteiger partial charge on any atom is 0.416 e. The van der Waals surface area contributed by atoms with E-state index in [-0.39, 0.29) is 23.6 Å². The number of amides is 1. The Bertz CT molecular complexity index is 1030. The van der Waals surface area contributed by atoms with Crippen molar-refractivity contribution in [2.45, 2.75) is 75.7 Å². The lowest BCUT2D eigenvalue weighted by molar-refractivity contribution is -0.143. The highest BCUT2D eigenvalue weighted by Crippen LogP contribution is 2.45. The molecule has 0 heterocycles. The maximum absolute atomic E-state index is 13.6. The van der Waals surface area contributed by atoms with Gasteiger partial charge in [-0.25, -0.2) is 4.39 Å². The Morgan fingerprint density at radius 3 is 2.05 bits per heavy atom. The van der Waals surface area contributed by atoms with E-state index in [0.29, 0.717) is 43.4 Å². The third kappa shape index (κ3) is 7.67. The molecule has 1 fully saturated rings. The quantitative estimate of drug-likeness (QED) is 0.298. The Labute approximate surface area is 210 Å². The van der Waals surface area contributed by atoms with Crippen molar-refractivity contribution in [1.82, 2.24) is 5.32 Å². The van der Waals surface area contributed by atoms with Crippen molar-refractivity contribution in [1.29, 1.82) is 0 Å². The fraction of sp³-hybridized carbons (Fsp3) is 0.500. The number of nitrogens with one attached hydrogen (secondary N) is 1. The van der Waals surface area contributed by atoms with Crippen molar-refractivity contribution in [3.8, 4) is 0 Å². The van der Waals surface area contributed by atoms with Crippen LogP contribution in [0, 0.1) is 11.7 Å². The van der Waals surface area contributed by atoms with Crippen LogP contribution in [0.3, 0.4) is 0 Å². The number of carbonyl (C=O) groups excluding carboxylic acids is 1. The predicted molar refractivity (Wildman–Crippen MR) is 123 cm³/mol. The van der Waals surface area contributed by atoms with Crippen LogP contribution in [0.15, 0.2) is 42.5 Å². The number of carbonyl (C=O) groups is 1. The van der Waals surface area contributed by atoms with Gasteiger partial charge in [-0.3, -0.25) is 4.79 Å². The Morgan fingerprint density at radius 2 is 1.57 bits per heavy atom. The van der Waals surface area contributed by atoms with Gasteiger partial charge in [0.05, 0.1) is 23.8 Å². The van der Waals surface area contributed by atoms with Crippen LogP contribution in [-0.4, -0.2) is 24.1 Å². The lowest BCUT2D eigenvalue weighted by atomic mass is 9.79. The van der Waals surface area contributed by atoms with Gasteiger partial charge in [0.15, 0.2) is 0 Å². The van der Waals surface area contributed by atoms with Crippen LogP contribution in [-0.2, 0) is 28.5 Å². The Hall–Kier alpha value is -2.66. The molecule has 1 aliphatic rings. The van der Waals surface area contributed by atoms with Crippen molar-refractivity contribution < 1.29 is 40.3 Å². The summed E-state index contributed by atoms with van der Waals surface area (Å²) in [5.41, 5.74) is 3.13. The summed E-state index contributed by atoms with van der Waals surface area (Å²) < 4.78 is 99.1. The standard InChI is InChI=1S/C26H29F7N2O2/c1-24(2,34)12-21(35-14-36)20-7-8-22(23(20)16-3-5-19(27)6-4-16)37-13-15-9-17(25(28,29)30)11-18(10-15)26(31,32)33/h3-6,9-11,14,20-23H,7-8,12-13,34H2,1-2H3,(H,35,36)/t20-,21+,22-,23-/m0/s1. The van der Waals surface area contributed by atoms with Crippen LogP contribution >= 0.6 is 0 Å². The number of rotatable bonds is 9. The van der Waals surface area contributed by atoms with E-state index < -0.39 is 53.5 Å². The minimum absolute atomic E-state index is 0.0701. The monoisotopic (exact) mass is 534 g/mol. The molecule has 4 atom stereocenters. The maximum atomic E-state index is 13.6. The van der Waals surface area contributed by atoms with Gasteiger partial charge in [0.25, 0.3) is 0 Å². The summed E-state index contributed by atoms with van der Waals surface area (Å²) in [6.07, 6.45) is -8.58. The zero-order valence-electron chi connectivity index (χ0n) is 20.3. The number of benzene rings is 2. The van der Waals surface area contributed by atoms with Gasteiger partial charge in [-0.2, -0.15) is 26.3 Å². The molecule has 0 radical (unpaired) electrons. The number of alkyl halides is 6. The molecule has 2 aromatic rings. The van der Waals surface area contributed by atoms with E-state index in [1.807, 2.05) is 0 Å². The molecule has 2 aromatic carbocycles. The van der Waals surface area contributed by atoms with Gasteiger partial charge in [0, 0.05) is 17.5 Å². The molecule has 0 aliphatic heterocycles. The van der Waals surface area contributed by atoms with Crippen molar-refractivity contribution in [2.24, 2.45) is 11.7 Å². The van der Waals surface area contributed by atoms with Crippen molar-refractivity contribution in [3.63, 3.8) is 0 Å². The molecule has 0 aromatic heterocycles. The minimum Gasteiger partial charge on any atom is -0.373 e. The first kappa shape index (κ1) is 28.9. The number of ether oxygens (including phenoxy) is 1. The second-order valence-electron chi connectivity index (χ2n) is 10.2. The molecule has 1 aliphatic carbocycles. The average Bonchev–Trinajstić information content (AvgIpc) is 3.19. The van der Waals surface area contributed by atoms with E-state index in [9.17, 15) is 35.5 Å². The van der Waals surface area contributed by atoms with E-state index in [2.05, 4.69) is 5.32 Å². The molecule has 204 valence electrons. The van der Waals surface area contributed by atoms with Gasteiger partial charge in [0.1, 0.15) is 5.82 Å². The molecule has 3 rings (SSSR count). The minimum atomic E-state index is -4.96. The summed E-state index contributed by atoms with van der Waals surface area (Å²) in [7, 11) is 0. The molecule has 3 N–H and O–H groups in total. The molecule has 0 unspecified atom stereocenters. The van der Waals surface area contributed by atoms with Gasteiger partial charge >= 0.3 is 12.4 Å². The molecule has 1 saturated carbocycles. The summed E-state index contributed by atoms with van der Waals surface area (Å²) in [5, 5.41) is 2.79. The molecule has 37 heavy (non-hydrogen) atoms. The molecule has 0 bridgehead atoms. The van der Waals surface area contributed by atoms with Crippen LogP contribution in [0.2, 0.25) is 0 Å². The summed E-state index contributed by atoms with van der Waals surface area (Å²) in [5.74, 6) is -1.09.